The lowest BCUT2D eigenvalue weighted by Crippen LogP contribution is -2.32. The van der Waals surface area contributed by atoms with Crippen molar-refractivity contribution in [2.45, 2.75) is 25.9 Å². The summed E-state index contributed by atoms with van der Waals surface area (Å²) in [6.07, 6.45) is 2.40. The molecular formula is C26H28N6O3. The van der Waals surface area contributed by atoms with Crippen LogP contribution in [0.2, 0.25) is 0 Å². The molecule has 0 aliphatic carbocycles. The SMILES string of the molecule is COc1ccccc1-c1cc(C(=O)NCc2nn(CCN3CCCC3)c(=O)c3ccccc23)[nH]n1. The van der Waals surface area contributed by atoms with Gasteiger partial charge in [0.15, 0.2) is 0 Å². The van der Waals surface area contributed by atoms with E-state index in [1.165, 1.54) is 17.5 Å². The van der Waals surface area contributed by atoms with E-state index in [0.717, 1.165) is 30.6 Å². The molecule has 1 saturated heterocycles. The molecule has 2 aromatic carbocycles. The number of amides is 1. The first-order chi connectivity index (χ1) is 17.1. The number of nitrogens with one attached hydrogen (secondary N) is 2. The molecule has 35 heavy (non-hydrogen) atoms. The predicted octanol–water partition coefficient (Wildman–Crippen LogP) is 2.82. The lowest BCUT2D eigenvalue weighted by molar-refractivity contribution is 0.0945. The van der Waals surface area contributed by atoms with Crippen LogP contribution in [-0.2, 0) is 13.1 Å². The number of fused-ring (bicyclic) bond motifs is 1. The van der Waals surface area contributed by atoms with Gasteiger partial charge in [0.1, 0.15) is 11.4 Å². The lowest BCUT2D eigenvalue weighted by Gasteiger charge is -2.16. The summed E-state index contributed by atoms with van der Waals surface area (Å²) in [5, 5.41) is 16.0. The van der Waals surface area contributed by atoms with Crippen molar-refractivity contribution in [1.82, 2.24) is 30.2 Å². The van der Waals surface area contributed by atoms with Gasteiger partial charge in [-0.05, 0) is 50.2 Å². The summed E-state index contributed by atoms with van der Waals surface area (Å²) < 4.78 is 6.92. The molecule has 1 aliphatic rings. The number of benzene rings is 2. The van der Waals surface area contributed by atoms with Gasteiger partial charge in [0.05, 0.1) is 37.0 Å². The van der Waals surface area contributed by atoms with Crippen LogP contribution in [-0.4, -0.2) is 57.5 Å². The van der Waals surface area contributed by atoms with Crippen molar-refractivity contribution >= 4 is 16.7 Å². The summed E-state index contributed by atoms with van der Waals surface area (Å²) in [5.74, 6) is 0.372. The molecule has 3 heterocycles. The molecule has 0 bridgehead atoms. The Bertz CT molecular complexity index is 1400. The second kappa shape index (κ2) is 10.1. The maximum absolute atomic E-state index is 13.0. The smallest absolute Gasteiger partial charge is 0.274 e. The second-order valence-electron chi connectivity index (χ2n) is 8.62. The Morgan fingerprint density at radius 2 is 1.80 bits per heavy atom. The minimum absolute atomic E-state index is 0.107. The molecule has 2 aromatic heterocycles. The molecule has 9 nitrogen and oxygen atoms in total. The molecule has 1 amide bonds. The summed E-state index contributed by atoms with van der Waals surface area (Å²) in [6, 6.07) is 16.6. The summed E-state index contributed by atoms with van der Waals surface area (Å²) in [5.41, 5.74) is 2.29. The number of carbonyl (C=O) groups is 1. The van der Waals surface area contributed by atoms with E-state index in [-0.39, 0.29) is 18.0 Å². The summed E-state index contributed by atoms with van der Waals surface area (Å²) in [6.45, 7) is 3.62. The highest BCUT2D eigenvalue weighted by molar-refractivity contribution is 5.94. The number of likely N-dealkylation sites (tertiary alicyclic amines) is 1. The molecule has 0 unspecified atom stereocenters. The number of nitrogens with zero attached hydrogens (tertiary/aromatic N) is 4. The van der Waals surface area contributed by atoms with E-state index in [1.807, 2.05) is 48.5 Å². The van der Waals surface area contributed by atoms with Crippen molar-refractivity contribution < 1.29 is 9.53 Å². The fourth-order valence-corrected chi connectivity index (χ4v) is 4.52. The molecular weight excluding hydrogens is 444 g/mol. The van der Waals surface area contributed by atoms with E-state index in [4.69, 9.17) is 4.74 Å². The zero-order valence-corrected chi connectivity index (χ0v) is 19.7. The summed E-state index contributed by atoms with van der Waals surface area (Å²) in [4.78, 5) is 28.2. The second-order valence-corrected chi connectivity index (χ2v) is 8.62. The highest BCUT2D eigenvalue weighted by Gasteiger charge is 2.17. The number of hydrogen-bond donors (Lipinski definition) is 2. The molecule has 1 aliphatic heterocycles. The number of aromatic amines is 1. The van der Waals surface area contributed by atoms with Crippen LogP contribution in [0.25, 0.3) is 22.0 Å². The van der Waals surface area contributed by atoms with Gasteiger partial charge in [0, 0.05) is 17.5 Å². The number of para-hydroxylation sites is 1. The fraction of sp³-hybridized carbons (Fsp3) is 0.308. The van der Waals surface area contributed by atoms with Gasteiger partial charge in [-0.3, -0.25) is 14.7 Å². The fourth-order valence-electron chi connectivity index (χ4n) is 4.52. The van der Waals surface area contributed by atoms with Crippen LogP contribution < -0.4 is 15.6 Å². The Kier molecular flexibility index (Phi) is 6.58. The van der Waals surface area contributed by atoms with E-state index in [1.54, 1.807) is 13.2 Å². The van der Waals surface area contributed by atoms with Crippen LogP contribution in [0.15, 0.2) is 59.4 Å². The molecule has 4 aromatic rings. The average Bonchev–Trinajstić information content (AvgIpc) is 3.60. The molecule has 0 spiro atoms. The van der Waals surface area contributed by atoms with E-state index in [2.05, 4.69) is 25.5 Å². The average molecular weight is 473 g/mol. The maximum atomic E-state index is 13.0. The van der Waals surface area contributed by atoms with E-state index < -0.39 is 0 Å². The molecule has 0 atom stereocenters. The number of ether oxygens (including phenoxy) is 1. The van der Waals surface area contributed by atoms with Gasteiger partial charge in [-0.2, -0.15) is 10.2 Å². The minimum atomic E-state index is -0.306. The molecule has 5 rings (SSSR count). The molecule has 180 valence electrons. The van der Waals surface area contributed by atoms with Crippen molar-refractivity contribution in [3.8, 4) is 17.0 Å². The number of H-pyrrole nitrogens is 1. The monoisotopic (exact) mass is 472 g/mol. The Hall–Kier alpha value is -3.98. The van der Waals surface area contributed by atoms with Crippen molar-refractivity contribution in [2.24, 2.45) is 0 Å². The van der Waals surface area contributed by atoms with Gasteiger partial charge in [0.25, 0.3) is 11.5 Å². The van der Waals surface area contributed by atoms with Crippen LogP contribution in [0.4, 0.5) is 0 Å². The third kappa shape index (κ3) is 4.81. The Labute approximate surface area is 202 Å². The van der Waals surface area contributed by atoms with Gasteiger partial charge < -0.3 is 15.0 Å². The van der Waals surface area contributed by atoms with Crippen molar-refractivity contribution in [3.05, 3.63) is 76.3 Å². The van der Waals surface area contributed by atoms with Gasteiger partial charge in [-0.15, -0.1) is 0 Å². The first-order valence-corrected chi connectivity index (χ1v) is 11.8. The number of aromatic nitrogens is 4. The van der Waals surface area contributed by atoms with Crippen molar-refractivity contribution in [2.75, 3.05) is 26.7 Å². The Balaban J connectivity index is 1.35. The quantitative estimate of drug-likeness (QED) is 0.409. The molecule has 0 radical (unpaired) electrons. The summed E-state index contributed by atoms with van der Waals surface area (Å²) >= 11 is 0. The Morgan fingerprint density at radius 1 is 1.06 bits per heavy atom. The van der Waals surface area contributed by atoms with Crippen molar-refractivity contribution in [3.63, 3.8) is 0 Å². The van der Waals surface area contributed by atoms with Gasteiger partial charge in [-0.1, -0.05) is 30.3 Å². The molecule has 9 heteroatoms. The number of methoxy groups -OCH3 is 1. The molecule has 0 saturated carbocycles. The van der Waals surface area contributed by atoms with E-state index in [9.17, 15) is 9.59 Å². The first-order valence-electron chi connectivity index (χ1n) is 11.8. The minimum Gasteiger partial charge on any atom is -0.496 e. The third-order valence-corrected chi connectivity index (χ3v) is 6.39. The third-order valence-electron chi connectivity index (χ3n) is 6.39. The largest absolute Gasteiger partial charge is 0.496 e. The van der Waals surface area contributed by atoms with Crippen LogP contribution in [0.5, 0.6) is 5.75 Å². The van der Waals surface area contributed by atoms with Gasteiger partial charge in [-0.25, -0.2) is 4.68 Å². The van der Waals surface area contributed by atoms with Gasteiger partial charge >= 0.3 is 0 Å². The highest BCUT2D eigenvalue weighted by atomic mass is 16.5. The summed E-state index contributed by atoms with van der Waals surface area (Å²) in [7, 11) is 1.60. The zero-order chi connectivity index (χ0) is 24.2. The molecule has 2 N–H and O–H groups in total. The highest BCUT2D eigenvalue weighted by Crippen LogP contribution is 2.28. The van der Waals surface area contributed by atoms with E-state index >= 15 is 0 Å². The lowest BCUT2D eigenvalue weighted by atomic mass is 10.1. The van der Waals surface area contributed by atoms with Gasteiger partial charge in [0.2, 0.25) is 0 Å². The molecule has 1 fully saturated rings. The standard InChI is InChI=1S/C26H28N6O3/c1-35-24-11-5-4-10-20(24)21-16-22(29-28-21)25(33)27-17-23-18-8-2-3-9-19(18)26(34)32(30-23)15-14-31-12-6-7-13-31/h2-5,8-11,16H,6-7,12-15,17H2,1H3,(H,27,33)(H,28,29). The van der Waals surface area contributed by atoms with Crippen LogP contribution >= 0.6 is 0 Å². The van der Waals surface area contributed by atoms with Crippen molar-refractivity contribution in [1.29, 1.82) is 0 Å². The topological polar surface area (TPSA) is 105 Å². The predicted molar refractivity (Wildman–Crippen MR) is 133 cm³/mol. The first kappa shape index (κ1) is 22.8. The van der Waals surface area contributed by atoms with E-state index in [0.29, 0.717) is 34.8 Å². The number of rotatable bonds is 8. The maximum Gasteiger partial charge on any atom is 0.274 e. The number of hydrogen-bond acceptors (Lipinski definition) is 6. The zero-order valence-electron chi connectivity index (χ0n) is 19.7. The van der Waals surface area contributed by atoms with Crippen LogP contribution in [0, 0.1) is 0 Å². The number of carbonyl (C=O) groups excluding carboxylic acids is 1. The van der Waals surface area contributed by atoms with Crippen LogP contribution in [0.1, 0.15) is 29.0 Å². The Morgan fingerprint density at radius 3 is 2.60 bits per heavy atom. The van der Waals surface area contributed by atoms with Crippen LogP contribution in [0.3, 0.4) is 0 Å². The normalized spacial score (nSPS) is 13.9.